The number of carbonyl (C=O) groups excluding carboxylic acids is 2. The SMILES string of the molecule is CCC(=O)NC(=O)CCCC[P+](c1ccccc1)(c1ccccc1)c1ccccc1. The number of benzene rings is 3. The van der Waals surface area contributed by atoms with E-state index in [2.05, 4.69) is 96.3 Å². The number of hydrogen-bond donors (Lipinski definition) is 1. The van der Waals surface area contributed by atoms with Gasteiger partial charge in [-0.25, -0.2) is 0 Å². The van der Waals surface area contributed by atoms with Crippen molar-refractivity contribution < 1.29 is 9.59 Å². The Kier molecular flexibility index (Phi) is 7.93. The second-order valence-corrected chi connectivity index (χ2v) is 10.9. The number of carbonyl (C=O) groups is 2. The molecule has 30 heavy (non-hydrogen) atoms. The maximum atomic E-state index is 12.0. The van der Waals surface area contributed by atoms with E-state index in [4.69, 9.17) is 0 Å². The van der Waals surface area contributed by atoms with Crippen LogP contribution in [0.3, 0.4) is 0 Å². The Balaban J connectivity index is 1.90. The summed E-state index contributed by atoms with van der Waals surface area (Å²) < 4.78 is 0. The summed E-state index contributed by atoms with van der Waals surface area (Å²) >= 11 is 0. The third-order valence-electron chi connectivity index (χ3n) is 5.34. The largest absolute Gasteiger partial charge is 0.296 e. The molecule has 0 aliphatic rings. The molecule has 3 nitrogen and oxygen atoms in total. The van der Waals surface area contributed by atoms with E-state index in [1.165, 1.54) is 15.9 Å². The van der Waals surface area contributed by atoms with Crippen LogP contribution in [0.1, 0.15) is 32.6 Å². The van der Waals surface area contributed by atoms with Crippen LogP contribution in [0.2, 0.25) is 0 Å². The summed E-state index contributed by atoms with van der Waals surface area (Å²) in [4.78, 5) is 23.5. The molecule has 0 bridgehead atoms. The van der Waals surface area contributed by atoms with Gasteiger partial charge in [0.2, 0.25) is 11.8 Å². The van der Waals surface area contributed by atoms with Crippen molar-refractivity contribution in [1.82, 2.24) is 5.32 Å². The number of nitrogens with one attached hydrogen (secondary N) is 1. The highest BCUT2D eigenvalue weighted by Gasteiger charge is 2.44. The molecule has 3 rings (SSSR count). The molecule has 0 fully saturated rings. The van der Waals surface area contributed by atoms with Gasteiger partial charge < -0.3 is 0 Å². The third-order valence-corrected chi connectivity index (χ3v) is 9.86. The smallest absolute Gasteiger partial charge is 0.226 e. The lowest BCUT2D eigenvalue weighted by Gasteiger charge is -2.27. The van der Waals surface area contributed by atoms with E-state index in [1.807, 2.05) is 0 Å². The molecule has 0 aliphatic carbocycles. The van der Waals surface area contributed by atoms with E-state index in [9.17, 15) is 9.59 Å². The first kappa shape index (κ1) is 21.9. The summed E-state index contributed by atoms with van der Waals surface area (Å²) in [5, 5.41) is 6.52. The van der Waals surface area contributed by atoms with Crippen LogP contribution in [0, 0.1) is 0 Å². The van der Waals surface area contributed by atoms with Gasteiger partial charge in [0.25, 0.3) is 0 Å². The maximum Gasteiger partial charge on any atom is 0.226 e. The monoisotopic (exact) mass is 418 g/mol. The predicted molar refractivity (Wildman–Crippen MR) is 127 cm³/mol. The molecule has 0 atom stereocenters. The van der Waals surface area contributed by atoms with Crippen molar-refractivity contribution in [2.75, 3.05) is 6.16 Å². The average Bonchev–Trinajstić information content (AvgIpc) is 2.81. The molecule has 4 heteroatoms. The van der Waals surface area contributed by atoms with Gasteiger partial charge in [-0.2, -0.15) is 0 Å². The molecule has 0 aliphatic heterocycles. The number of imide groups is 1. The molecule has 3 aromatic rings. The zero-order valence-electron chi connectivity index (χ0n) is 17.5. The Morgan fingerprint density at radius 1 is 0.667 bits per heavy atom. The minimum absolute atomic E-state index is 0.176. The van der Waals surface area contributed by atoms with E-state index < -0.39 is 7.26 Å². The Morgan fingerprint density at radius 3 is 1.50 bits per heavy atom. The standard InChI is InChI=1S/C26H28NO2P/c1-2-25(28)27-26(29)20-12-13-21-30(22-14-6-3-7-15-22,23-16-8-4-9-17-23)24-18-10-5-11-19-24/h3-11,14-19H,2,12-13,20-21H2,1H3/p+1. The third kappa shape index (κ3) is 5.23. The van der Waals surface area contributed by atoms with Crippen molar-refractivity contribution in [3.05, 3.63) is 91.0 Å². The first-order chi connectivity index (χ1) is 14.7. The van der Waals surface area contributed by atoms with Crippen molar-refractivity contribution in [2.24, 2.45) is 0 Å². The fraction of sp³-hybridized carbons (Fsp3) is 0.231. The summed E-state index contributed by atoms with van der Waals surface area (Å²) in [6.07, 6.45) is 3.37. The number of unbranched alkanes of at least 4 members (excludes halogenated alkanes) is 1. The molecule has 0 heterocycles. The molecule has 1 N–H and O–H groups in total. The van der Waals surface area contributed by atoms with E-state index >= 15 is 0 Å². The van der Waals surface area contributed by atoms with Gasteiger partial charge >= 0.3 is 0 Å². The van der Waals surface area contributed by atoms with Crippen LogP contribution in [0.5, 0.6) is 0 Å². The summed E-state index contributed by atoms with van der Waals surface area (Å²) in [5.74, 6) is -0.385. The molecular formula is C26H29NO2P+. The molecule has 0 aromatic heterocycles. The number of hydrogen-bond acceptors (Lipinski definition) is 2. The minimum Gasteiger partial charge on any atom is -0.296 e. The van der Waals surface area contributed by atoms with Gasteiger partial charge in [-0.05, 0) is 49.2 Å². The summed E-state index contributed by atoms with van der Waals surface area (Å²) in [6.45, 7) is 1.75. The Morgan fingerprint density at radius 2 is 1.10 bits per heavy atom. The zero-order valence-corrected chi connectivity index (χ0v) is 18.4. The van der Waals surface area contributed by atoms with Crippen molar-refractivity contribution in [2.45, 2.75) is 32.6 Å². The first-order valence-electron chi connectivity index (χ1n) is 10.5. The quantitative estimate of drug-likeness (QED) is 0.418. The van der Waals surface area contributed by atoms with Crippen LogP contribution in [0.15, 0.2) is 91.0 Å². The predicted octanol–water partition coefficient (Wildman–Crippen LogP) is 4.20. The van der Waals surface area contributed by atoms with Gasteiger partial charge in [0.1, 0.15) is 23.2 Å². The van der Waals surface area contributed by atoms with Gasteiger partial charge in [-0.3, -0.25) is 14.9 Å². The Hall–Kier alpha value is -2.77. The van der Waals surface area contributed by atoms with Crippen molar-refractivity contribution in [1.29, 1.82) is 0 Å². The van der Waals surface area contributed by atoms with Crippen molar-refractivity contribution in [3.8, 4) is 0 Å². The Bertz CT molecular complexity index is 846. The van der Waals surface area contributed by atoms with Gasteiger partial charge in [0.15, 0.2) is 0 Å². The van der Waals surface area contributed by atoms with Crippen LogP contribution >= 0.6 is 7.26 Å². The van der Waals surface area contributed by atoms with Crippen LogP contribution < -0.4 is 21.2 Å². The van der Waals surface area contributed by atoms with E-state index in [-0.39, 0.29) is 11.8 Å². The van der Waals surface area contributed by atoms with Crippen molar-refractivity contribution in [3.63, 3.8) is 0 Å². The van der Waals surface area contributed by atoms with Gasteiger partial charge in [0.05, 0.1) is 6.16 Å². The number of amides is 2. The lowest BCUT2D eigenvalue weighted by molar-refractivity contribution is -0.130. The Labute approximate surface area is 179 Å². The molecular weight excluding hydrogens is 389 g/mol. The molecule has 2 amide bonds. The minimum atomic E-state index is -1.85. The zero-order chi connectivity index (χ0) is 21.2. The highest BCUT2D eigenvalue weighted by atomic mass is 31.2. The second kappa shape index (κ2) is 10.8. The summed E-state index contributed by atoms with van der Waals surface area (Å²) in [6, 6.07) is 32.3. The average molecular weight is 418 g/mol. The molecule has 0 radical (unpaired) electrons. The van der Waals surface area contributed by atoms with Crippen LogP contribution in [-0.4, -0.2) is 18.0 Å². The fourth-order valence-corrected chi connectivity index (χ4v) is 8.23. The lowest BCUT2D eigenvalue weighted by Crippen LogP contribution is -2.33. The molecule has 0 saturated carbocycles. The van der Waals surface area contributed by atoms with Crippen molar-refractivity contribution >= 4 is 35.0 Å². The fourth-order valence-electron chi connectivity index (χ4n) is 3.82. The highest BCUT2D eigenvalue weighted by Crippen LogP contribution is 2.55. The van der Waals surface area contributed by atoms with E-state index in [0.29, 0.717) is 12.8 Å². The normalized spacial score (nSPS) is 11.1. The summed E-state index contributed by atoms with van der Waals surface area (Å²) in [7, 11) is -1.85. The summed E-state index contributed by atoms with van der Waals surface area (Å²) in [5.41, 5.74) is 0. The first-order valence-corrected chi connectivity index (χ1v) is 12.5. The molecule has 0 spiro atoms. The van der Waals surface area contributed by atoms with Crippen LogP contribution in [0.25, 0.3) is 0 Å². The van der Waals surface area contributed by atoms with Gasteiger partial charge in [-0.15, -0.1) is 0 Å². The lowest BCUT2D eigenvalue weighted by atomic mass is 10.2. The van der Waals surface area contributed by atoms with Crippen LogP contribution in [0.4, 0.5) is 0 Å². The molecule has 154 valence electrons. The number of rotatable bonds is 9. The van der Waals surface area contributed by atoms with E-state index in [0.717, 1.165) is 19.0 Å². The van der Waals surface area contributed by atoms with Gasteiger partial charge in [-0.1, -0.05) is 61.5 Å². The van der Waals surface area contributed by atoms with E-state index in [1.54, 1.807) is 6.92 Å². The maximum absolute atomic E-state index is 12.0. The second-order valence-electron chi connectivity index (χ2n) is 7.32. The molecule has 0 saturated heterocycles. The van der Waals surface area contributed by atoms with Gasteiger partial charge in [0, 0.05) is 12.8 Å². The highest BCUT2D eigenvalue weighted by molar-refractivity contribution is 7.95. The molecule has 3 aromatic carbocycles. The van der Waals surface area contributed by atoms with Crippen LogP contribution in [-0.2, 0) is 9.59 Å². The topological polar surface area (TPSA) is 46.2 Å². The molecule has 0 unspecified atom stereocenters.